The van der Waals surface area contributed by atoms with Crippen LogP contribution in [0.2, 0.25) is 0 Å². The predicted molar refractivity (Wildman–Crippen MR) is 112 cm³/mol. The van der Waals surface area contributed by atoms with Gasteiger partial charge >= 0.3 is 18.7 Å². The van der Waals surface area contributed by atoms with Gasteiger partial charge in [-0.15, -0.1) is 0 Å². The normalized spacial score (nSPS) is 23.8. The number of methoxy groups -OCH3 is 1. The largest absolute Gasteiger partial charge is 0.478 e. The monoisotopic (exact) mass is 541 g/mol. The van der Waals surface area contributed by atoms with E-state index in [-0.39, 0.29) is 21.6 Å². The molecule has 1 aliphatic heterocycles. The second-order valence-corrected chi connectivity index (χ2v) is 8.48. The highest BCUT2D eigenvalue weighted by Crippen LogP contribution is 2.55. The van der Waals surface area contributed by atoms with E-state index in [1.165, 1.54) is 6.92 Å². The second kappa shape index (κ2) is 10.2. The molecule has 1 saturated heterocycles. The zero-order chi connectivity index (χ0) is 27.9. The summed E-state index contributed by atoms with van der Waals surface area (Å²) >= 11 is 0. The number of nitrogens with zero attached hydrogens (tertiary/aromatic N) is 2. The van der Waals surface area contributed by atoms with E-state index in [9.17, 15) is 40.3 Å². The van der Waals surface area contributed by atoms with Gasteiger partial charge in [0, 0.05) is 17.4 Å². The molecule has 3 rings (SSSR count). The fourth-order valence-electron chi connectivity index (χ4n) is 4.08. The Bertz CT molecular complexity index is 1190. The van der Waals surface area contributed by atoms with E-state index in [0.717, 1.165) is 26.3 Å². The lowest BCUT2D eigenvalue weighted by Crippen LogP contribution is -2.47. The van der Waals surface area contributed by atoms with E-state index in [2.05, 4.69) is 15.2 Å². The zero-order valence-corrected chi connectivity index (χ0v) is 19.8. The molecule has 2 aromatic rings. The van der Waals surface area contributed by atoms with E-state index in [1.54, 1.807) is 0 Å². The SMILES string of the molecule is COC(=O)COc1c([C@H]2[C@H](C(=O)Nc3cn(C(F)F)nc3C)O[C@@](C)(C(F)(F)F)[C@H]2C)ccc(F)c1F. The average molecular weight is 541 g/mol. The maximum absolute atomic E-state index is 14.7. The third-order valence-corrected chi connectivity index (χ3v) is 6.30. The summed E-state index contributed by atoms with van der Waals surface area (Å²) in [6, 6.07) is 1.54. The topological polar surface area (TPSA) is 91.7 Å². The summed E-state index contributed by atoms with van der Waals surface area (Å²) in [4.78, 5) is 24.7. The van der Waals surface area contributed by atoms with Crippen LogP contribution in [-0.2, 0) is 19.1 Å². The zero-order valence-electron chi connectivity index (χ0n) is 19.8. The molecule has 1 amide bonds. The highest BCUT2D eigenvalue weighted by molar-refractivity contribution is 5.95. The maximum Gasteiger partial charge on any atom is 0.417 e. The molecule has 1 N–H and O–H groups in total. The van der Waals surface area contributed by atoms with Crippen molar-refractivity contribution < 1.29 is 54.5 Å². The molecule has 1 fully saturated rings. The number of amides is 1. The van der Waals surface area contributed by atoms with Crippen LogP contribution in [0.3, 0.4) is 0 Å². The van der Waals surface area contributed by atoms with Gasteiger partial charge in [-0.05, 0) is 19.9 Å². The predicted octanol–water partition coefficient (Wildman–Crippen LogP) is 4.49. The molecule has 0 bridgehead atoms. The number of anilines is 1. The van der Waals surface area contributed by atoms with Crippen molar-refractivity contribution in [1.82, 2.24) is 9.78 Å². The van der Waals surface area contributed by atoms with Crippen LogP contribution in [-0.4, -0.2) is 53.3 Å². The first-order valence-corrected chi connectivity index (χ1v) is 10.7. The lowest BCUT2D eigenvalue weighted by atomic mass is 9.77. The maximum atomic E-state index is 14.7. The molecule has 0 radical (unpaired) electrons. The minimum atomic E-state index is -5.01. The molecular formula is C22H22F7N3O5. The minimum Gasteiger partial charge on any atom is -0.478 e. The van der Waals surface area contributed by atoms with Gasteiger partial charge in [-0.3, -0.25) is 4.79 Å². The molecule has 0 unspecified atom stereocenters. The lowest BCUT2D eigenvalue weighted by Gasteiger charge is -2.32. The molecule has 4 atom stereocenters. The molecule has 204 valence electrons. The van der Waals surface area contributed by atoms with E-state index in [0.29, 0.717) is 13.0 Å². The van der Waals surface area contributed by atoms with Gasteiger partial charge in [-0.1, -0.05) is 13.0 Å². The summed E-state index contributed by atoms with van der Waals surface area (Å²) in [5.74, 6) is -9.28. The highest BCUT2D eigenvalue weighted by Gasteiger charge is 2.66. The Hall–Kier alpha value is -3.36. The van der Waals surface area contributed by atoms with Crippen molar-refractivity contribution in [2.45, 2.75) is 51.1 Å². The smallest absolute Gasteiger partial charge is 0.417 e. The first-order valence-electron chi connectivity index (χ1n) is 10.7. The molecule has 0 aliphatic carbocycles. The standard InChI is InChI=1S/C22H22F7N3O5/c1-9-15(11-5-6-12(23)16(24)17(11)36-8-14(33)35-4)18(37-21(9,3)22(27,28)29)19(34)30-13-7-32(20(25)26)31-10(13)2/h5-7,9,15,18,20H,8H2,1-4H3,(H,30,34)/t9-,15-,18+,21+/m0/s1. The van der Waals surface area contributed by atoms with E-state index in [1.807, 2.05) is 0 Å². The molecule has 37 heavy (non-hydrogen) atoms. The van der Waals surface area contributed by atoms with Crippen LogP contribution in [0.15, 0.2) is 18.3 Å². The van der Waals surface area contributed by atoms with Gasteiger partial charge in [-0.2, -0.15) is 31.4 Å². The first kappa shape index (κ1) is 28.2. The van der Waals surface area contributed by atoms with Crippen molar-refractivity contribution in [3.05, 3.63) is 41.2 Å². The van der Waals surface area contributed by atoms with Crippen molar-refractivity contribution in [2.75, 3.05) is 19.0 Å². The number of nitrogens with one attached hydrogen (secondary N) is 1. The van der Waals surface area contributed by atoms with Gasteiger partial charge in [0.1, 0.15) is 6.10 Å². The number of carbonyl (C=O) groups is 2. The molecule has 0 saturated carbocycles. The third kappa shape index (κ3) is 5.22. The van der Waals surface area contributed by atoms with Gasteiger partial charge in [0.2, 0.25) is 5.82 Å². The quantitative estimate of drug-likeness (QED) is 0.410. The Labute approximate surface area is 205 Å². The van der Waals surface area contributed by atoms with Crippen LogP contribution in [0, 0.1) is 24.5 Å². The van der Waals surface area contributed by atoms with Crippen molar-refractivity contribution in [3.63, 3.8) is 0 Å². The number of aromatic nitrogens is 2. The van der Waals surface area contributed by atoms with Crippen molar-refractivity contribution in [2.24, 2.45) is 5.92 Å². The number of carbonyl (C=O) groups excluding carboxylic acids is 2. The number of hydrogen-bond acceptors (Lipinski definition) is 6. The fraction of sp³-hybridized carbons (Fsp3) is 0.500. The molecule has 15 heteroatoms. The van der Waals surface area contributed by atoms with Crippen molar-refractivity contribution >= 4 is 17.6 Å². The Morgan fingerprint density at radius 2 is 1.92 bits per heavy atom. The van der Waals surface area contributed by atoms with E-state index < -0.39 is 72.1 Å². The second-order valence-electron chi connectivity index (χ2n) is 8.48. The fourth-order valence-corrected chi connectivity index (χ4v) is 4.08. The summed E-state index contributed by atoms with van der Waals surface area (Å²) in [5.41, 5.74) is -3.62. The summed E-state index contributed by atoms with van der Waals surface area (Å²) in [7, 11) is 0.995. The number of halogens is 7. The Morgan fingerprint density at radius 3 is 2.46 bits per heavy atom. The van der Waals surface area contributed by atoms with Gasteiger partial charge in [-0.25, -0.2) is 13.9 Å². The van der Waals surface area contributed by atoms with Crippen LogP contribution >= 0.6 is 0 Å². The van der Waals surface area contributed by atoms with Crippen molar-refractivity contribution in [1.29, 1.82) is 0 Å². The summed E-state index contributed by atoms with van der Waals surface area (Å²) in [5, 5.41) is 5.72. The summed E-state index contributed by atoms with van der Waals surface area (Å²) in [6.45, 7) is -0.905. The van der Waals surface area contributed by atoms with Crippen molar-refractivity contribution in [3.8, 4) is 5.75 Å². The Kier molecular flexibility index (Phi) is 7.77. The average Bonchev–Trinajstić information content (AvgIpc) is 3.32. The number of esters is 1. The van der Waals surface area contributed by atoms with Crippen LogP contribution in [0.25, 0.3) is 0 Å². The van der Waals surface area contributed by atoms with Gasteiger partial charge in [0.15, 0.2) is 23.8 Å². The van der Waals surface area contributed by atoms with Crippen LogP contribution in [0.1, 0.15) is 37.6 Å². The third-order valence-electron chi connectivity index (χ3n) is 6.30. The minimum absolute atomic E-state index is 0.0650. The van der Waals surface area contributed by atoms with E-state index >= 15 is 0 Å². The van der Waals surface area contributed by atoms with Crippen LogP contribution in [0.5, 0.6) is 5.75 Å². The number of alkyl halides is 5. The molecule has 1 aliphatic rings. The van der Waals surface area contributed by atoms with Crippen LogP contribution in [0.4, 0.5) is 36.4 Å². The Morgan fingerprint density at radius 1 is 1.27 bits per heavy atom. The number of hydrogen-bond donors (Lipinski definition) is 1. The Balaban J connectivity index is 2.09. The molecule has 0 spiro atoms. The number of aryl methyl sites for hydroxylation is 1. The highest BCUT2D eigenvalue weighted by atomic mass is 19.4. The molecule has 8 nitrogen and oxygen atoms in total. The molecule has 1 aromatic carbocycles. The number of rotatable bonds is 7. The summed E-state index contributed by atoms with van der Waals surface area (Å²) in [6.07, 6.45) is -6.21. The molecule has 2 heterocycles. The van der Waals surface area contributed by atoms with Crippen LogP contribution < -0.4 is 10.1 Å². The molecule has 1 aromatic heterocycles. The van der Waals surface area contributed by atoms with Gasteiger partial charge < -0.3 is 19.5 Å². The lowest BCUT2D eigenvalue weighted by molar-refractivity contribution is -0.272. The number of benzene rings is 1. The first-order chi connectivity index (χ1) is 17.1. The molecular weight excluding hydrogens is 519 g/mol. The van der Waals surface area contributed by atoms with Gasteiger partial charge in [0.05, 0.1) is 24.7 Å². The van der Waals surface area contributed by atoms with E-state index in [4.69, 9.17) is 9.47 Å². The number of ether oxygens (including phenoxy) is 3. The summed E-state index contributed by atoms with van der Waals surface area (Å²) < 4.78 is 112. The van der Waals surface area contributed by atoms with Gasteiger partial charge in [0.25, 0.3) is 5.91 Å².